The van der Waals surface area contributed by atoms with Gasteiger partial charge in [0.25, 0.3) is 5.56 Å². The van der Waals surface area contributed by atoms with E-state index in [2.05, 4.69) is 14.0 Å². The van der Waals surface area contributed by atoms with Crippen molar-refractivity contribution in [1.82, 2.24) is 14.3 Å². The fourth-order valence-corrected chi connectivity index (χ4v) is 5.25. The van der Waals surface area contributed by atoms with Gasteiger partial charge in [0.15, 0.2) is 11.8 Å². The Morgan fingerprint density at radius 1 is 1.11 bits per heavy atom. The number of aromatic nitrogens is 3. The lowest BCUT2D eigenvalue weighted by atomic mass is 10.1. The number of aryl methyl sites for hydroxylation is 1. The number of hydrogen-bond donors (Lipinski definition) is 5. The number of nitrogens with zero attached hydrogens (tertiary/aromatic N) is 3. The van der Waals surface area contributed by atoms with Crippen molar-refractivity contribution in [1.29, 1.82) is 0 Å². The van der Waals surface area contributed by atoms with Gasteiger partial charge >= 0.3 is 21.3 Å². The summed E-state index contributed by atoms with van der Waals surface area (Å²) >= 11 is 0. The highest BCUT2D eigenvalue weighted by Gasteiger charge is 2.46. The van der Waals surface area contributed by atoms with Gasteiger partial charge in [-0.25, -0.2) is 13.9 Å². The highest BCUT2D eigenvalue weighted by Crippen LogP contribution is 2.57. The van der Waals surface area contributed by atoms with Crippen LogP contribution in [0.3, 0.4) is 0 Å². The fraction of sp³-hybridized carbons (Fsp3) is 0.389. The second-order valence-electron chi connectivity index (χ2n) is 7.94. The summed E-state index contributed by atoms with van der Waals surface area (Å²) in [5.74, 6) is 0. The highest BCUT2D eigenvalue weighted by molar-refractivity contribution is 7.60. The summed E-state index contributed by atoms with van der Waals surface area (Å²) in [4.78, 5) is 52.2. The van der Waals surface area contributed by atoms with Gasteiger partial charge in [-0.3, -0.25) is 18.5 Å². The molecule has 0 amide bonds. The maximum Gasteiger partial charge on any atom is 0.481 e. The summed E-state index contributed by atoms with van der Waals surface area (Å²) in [6.07, 6.45) is -5.53. The van der Waals surface area contributed by atoms with Gasteiger partial charge in [0, 0.05) is 17.6 Å². The van der Waals surface area contributed by atoms with Crippen LogP contribution in [0.4, 0.5) is 0 Å². The van der Waals surface area contributed by atoms with Crippen molar-refractivity contribution in [3.8, 4) is 0 Å². The van der Waals surface area contributed by atoms with Crippen LogP contribution in [0.25, 0.3) is 11.0 Å². The number of phosphoric ester groups is 1. The smallest absolute Gasteiger partial charge is 0.387 e. The third kappa shape index (κ3) is 5.58. The van der Waals surface area contributed by atoms with Crippen LogP contribution in [-0.2, 0) is 29.2 Å². The third-order valence-electron chi connectivity index (χ3n) is 5.33. The van der Waals surface area contributed by atoms with Crippen LogP contribution in [-0.4, -0.2) is 64.1 Å². The van der Waals surface area contributed by atoms with Crippen molar-refractivity contribution >= 4 is 26.6 Å². The number of ether oxygens (including phenoxy) is 1. The normalized spacial score (nSPS) is 24.3. The zero-order valence-corrected chi connectivity index (χ0v) is 20.1. The molecule has 0 saturated carbocycles. The minimum absolute atomic E-state index is 0.278. The number of phosphoric acid groups is 2. The lowest BCUT2D eigenvalue weighted by Crippen LogP contribution is -2.43. The molecule has 0 aliphatic carbocycles. The quantitative estimate of drug-likeness (QED) is 0.220. The fourth-order valence-electron chi connectivity index (χ4n) is 3.65. The van der Waals surface area contributed by atoms with Gasteiger partial charge < -0.3 is 34.2 Å². The molecule has 3 heterocycles. The summed E-state index contributed by atoms with van der Waals surface area (Å²) in [5.41, 5.74) is 0.0489. The van der Waals surface area contributed by atoms with Crippen molar-refractivity contribution in [2.24, 2.45) is 0 Å². The standard InChI is InChI=1S/C18H21N3O13P2/c1-9-2-3-10-11(19-33-12(10)6-9)7-21-14(22)4-5-20(18(21)25)17-16(24)15(23)13(32-17)8-31-36(29,30)34-35(26,27)28/h2-6,13,15-17,23-24H,7-8H2,1H3,(H,29,30)(H2,26,27,28)/t13-,15+,16+,17-/m1/s1. The van der Waals surface area contributed by atoms with Gasteiger partial charge in [-0.1, -0.05) is 11.2 Å². The van der Waals surface area contributed by atoms with Crippen LogP contribution in [0.1, 0.15) is 17.5 Å². The molecule has 5 atom stereocenters. The molecular weight excluding hydrogens is 528 g/mol. The lowest BCUT2D eigenvalue weighted by Gasteiger charge is -2.19. The Labute approximate surface area is 200 Å². The highest BCUT2D eigenvalue weighted by atomic mass is 31.3. The molecule has 16 nitrogen and oxygen atoms in total. The van der Waals surface area contributed by atoms with Gasteiger partial charge in [0.1, 0.15) is 24.0 Å². The Morgan fingerprint density at radius 2 is 1.83 bits per heavy atom. The Balaban J connectivity index is 1.57. The molecule has 0 bridgehead atoms. The van der Waals surface area contributed by atoms with Crippen LogP contribution >= 0.6 is 15.6 Å². The summed E-state index contributed by atoms with van der Waals surface area (Å²) in [6, 6.07) is 6.29. The van der Waals surface area contributed by atoms with Crippen LogP contribution < -0.4 is 11.2 Å². The molecule has 5 N–H and O–H groups in total. The first-order chi connectivity index (χ1) is 16.8. The van der Waals surface area contributed by atoms with Crippen LogP contribution in [0.15, 0.2) is 44.6 Å². The topological polar surface area (TPSA) is 233 Å². The molecule has 36 heavy (non-hydrogen) atoms. The van der Waals surface area contributed by atoms with Gasteiger partial charge in [-0.05, 0) is 24.6 Å². The average molecular weight is 549 g/mol. The van der Waals surface area contributed by atoms with E-state index in [-0.39, 0.29) is 6.54 Å². The van der Waals surface area contributed by atoms with Gasteiger partial charge in [-0.15, -0.1) is 0 Å². The Hall–Kier alpha value is -2.49. The second-order valence-corrected chi connectivity index (χ2v) is 10.8. The largest absolute Gasteiger partial charge is 0.481 e. The molecule has 18 heteroatoms. The predicted molar refractivity (Wildman–Crippen MR) is 118 cm³/mol. The SMILES string of the molecule is Cc1ccc2c(Cn3c(=O)ccn([C@@H]4O[C@H](COP(=O)(O)OP(=O)(O)O)[C@H](O)[C@@H]4O)c3=O)noc2c1. The van der Waals surface area contributed by atoms with Gasteiger partial charge in [0.2, 0.25) is 0 Å². The summed E-state index contributed by atoms with van der Waals surface area (Å²) in [5, 5.41) is 25.2. The summed E-state index contributed by atoms with van der Waals surface area (Å²) in [7, 11) is -10.6. The van der Waals surface area contributed by atoms with Crippen LogP contribution in [0, 0.1) is 6.92 Å². The number of aliphatic hydroxyl groups is 2. The maximum atomic E-state index is 13.1. The van der Waals surface area contributed by atoms with E-state index >= 15 is 0 Å². The lowest BCUT2D eigenvalue weighted by molar-refractivity contribution is -0.0547. The van der Waals surface area contributed by atoms with E-state index < -0.39 is 58.0 Å². The number of hydrogen-bond acceptors (Lipinski definition) is 11. The second kappa shape index (κ2) is 9.76. The first kappa shape index (κ1) is 26.6. The van der Waals surface area contributed by atoms with Gasteiger partial charge in [-0.2, -0.15) is 4.31 Å². The zero-order chi connectivity index (χ0) is 26.4. The van der Waals surface area contributed by atoms with E-state index in [1.807, 2.05) is 6.92 Å². The van der Waals surface area contributed by atoms with E-state index in [4.69, 9.17) is 19.0 Å². The molecule has 1 aliphatic rings. The number of benzene rings is 1. The zero-order valence-electron chi connectivity index (χ0n) is 18.3. The molecular formula is C18H21N3O13P2. The molecule has 1 saturated heterocycles. The van der Waals surface area contributed by atoms with Crippen LogP contribution in [0.5, 0.6) is 0 Å². The summed E-state index contributed by atoms with van der Waals surface area (Å²) in [6.45, 7) is 0.632. The predicted octanol–water partition coefficient (Wildman–Crippen LogP) is -0.647. The van der Waals surface area contributed by atoms with Crippen molar-refractivity contribution in [2.75, 3.05) is 6.61 Å². The molecule has 1 unspecified atom stereocenters. The average Bonchev–Trinajstić information content (AvgIpc) is 3.28. The number of fused-ring (bicyclic) bond motifs is 1. The van der Waals surface area contributed by atoms with Crippen molar-refractivity contribution in [2.45, 2.75) is 38.0 Å². The number of rotatable bonds is 8. The minimum Gasteiger partial charge on any atom is -0.387 e. The first-order valence-electron chi connectivity index (χ1n) is 10.2. The Bertz CT molecular complexity index is 1490. The van der Waals surface area contributed by atoms with E-state index in [9.17, 15) is 33.8 Å². The molecule has 4 rings (SSSR count). The van der Waals surface area contributed by atoms with Crippen molar-refractivity contribution < 1.29 is 52.1 Å². The molecule has 196 valence electrons. The minimum atomic E-state index is -5.38. The monoisotopic (exact) mass is 549 g/mol. The van der Waals surface area contributed by atoms with E-state index in [0.29, 0.717) is 16.7 Å². The molecule has 0 spiro atoms. The molecule has 2 aromatic heterocycles. The van der Waals surface area contributed by atoms with Crippen LogP contribution in [0.2, 0.25) is 0 Å². The molecule has 1 aromatic carbocycles. The first-order valence-corrected chi connectivity index (χ1v) is 13.2. The third-order valence-corrected chi connectivity index (χ3v) is 7.48. The number of aliphatic hydroxyl groups excluding tert-OH is 2. The Morgan fingerprint density at radius 3 is 2.53 bits per heavy atom. The molecule has 3 aromatic rings. The van der Waals surface area contributed by atoms with Crippen molar-refractivity contribution in [3.05, 3.63) is 62.6 Å². The van der Waals surface area contributed by atoms with E-state index in [1.165, 1.54) is 0 Å². The van der Waals surface area contributed by atoms with E-state index in [1.54, 1.807) is 18.2 Å². The summed E-state index contributed by atoms with van der Waals surface area (Å²) < 4.78 is 42.7. The maximum absolute atomic E-state index is 13.1. The molecule has 1 aliphatic heterocycles. The Kier molecular flexibility index (Phi) is 7.20. The van der Waals surface area contributed by atoms with E-state index in [0.717, 1.165) is 27.0 Å². The molecule has 1 fully saturated rings. The molecule has 0 radical (unpaired) electrons. The van der Waals surface area contributed by atoms with Crippen molar-refractivity contribution in [3.63, 3.8) is 0 Å². The van der Waals surface area contributed by atoms with Gasteiger partial charge in [0.05, 0.1) is 13.2 Å².